The molecule has 1 heterocycles. The zero-order valence-corrected chi connectivity index (χ0v) is 9.02. The van der Waals surface area contributed by atoms with Gasteiger partial charge in [0.1, 0.15) is 0 Å². The highest BCUT2D eigenvalue weighted by molar-refractivity contribution is 6.45. The van der Waals surface area contributed by atoms with Crippen molar-refractivity contribution >= 4 is 39.8 Å². The Bertz CT molecular complexity index is 509. The molecule has 2 rings (SSSR count). The van der Waals surface area contributed by atoms with Crippen LogP contribution in [-0.2, 0) is 0 Å². The molecule has 14 heavy (non-hydrogen) atoms. The molecule has 0 saturated carbocycles. The molecule has 2 N–H and O–H groups in total. The minimum Gasteiger partial charge on any atom is -0.397 e. The molecule has 0 saturated heterocycles. The van der Waals surface area contributed by atoms with Gasteiger partial charge in [0.15, 0.2) is 0 Å². The van der Waals surface area contributed by atoms with Crippen LogP contribution in [0.4, 0.5) is 5.69 Å². The molecule has 0 spiro atoms. The first-order valence-electron chi connectivity index (χ1n) is 4.10. The number of nitrogen functional groups attached to an aromatic ring is 1. The van der Waals surface area contributed by atoms with E-state index in [1.165, 1.54) is 0 Å². The first kappa shape index (κ1) is 9.56. The normalized spacial score (nSPS) is 10.8. The van der Waals surface area contributed by atoms with Crippen LogP contribution in [0.3, 0.4) is 0 Å². The van der Waals surface area contributed by atoms with Crippen molar-refractivity contribution in [2.45, 2.75) is 6.92 Å². The van der Waals surface area contributed by atoms with Gasteiger partial charge in [-0.25, -0.2) is 0 Å². The Kier molecular flexibility index (Phi) is 2.25. The summed E-state index contributed by atoms with van der Waals surface area (Å²) in [6.07, 6.45) is 0. The Morgan fingerprint density at radius 3 is 2.71 bits per heavy atom. The molecule has 4 heteroatoms. The van der Waals surface area contributed by atoms with Crippen molar-refractivity contribution in [2.24, 2.45) is 0 Å². The van der Waals surface area contributed by atoms with Gasteiger partial charge in [0.2, 0.25) is 0 Å². The van der Waals surface area contributed by atoms with Crippen molar-refractivity contribution in [3.63, 3.8) is 0 Å². The molecule has 0 fully saturated rings. The van der Waals surface area contributed by atoms with Gasteiger partial charge in [-0.15, -0.1) is 0 Å². The van der Waals surface area contributed by atoms with Crippen LogP contribution in [0.2, 0.25) is 10.0 Å². The third-order valence-electron chi connectivity index (χ3n) is 2.04. The van der Waals surface area contributed by atoms with Gasteiger partial charge in [-0.3, -0.25) is 4.98 Å². The third kappa shape index (κ3) is 1.41. The molecule has 2 nitrogen and oxygen atoms in total. The van der Waals surface area contributed by atoms with E-state index in [-0.39, 0.29) is 0 Å². The summed E-state index contributed by atoms with van der Waals surface area (Å²) in [7, 11) is 0. The summed E-state index contributed by atoms with van der Waals surface area (Å²) < 4.78 is 0. The number of hydrogen-bond acceptors (Lipinski definition) is 2. The number of rotatable bonds is 0. The molecule has 0 aliphatic rings. The van der Waals surface area contributed by atoms with E-state index in [1.54, 1.807) is 6.07 Å². The fourth-order valence-corrected chi connectivity index (χ4v) is 1.78. The lowest BCUT2D eigenvalue weighted by molar-refractivity contribution is 1.26. The minimum atomic E-state index is 0.460. The number of halogens is 2. The number of aromatic nitrogens is 1. The highest BCUT2D eigenvalue weighted by Crippen LogP contribution is 2.33. The summed E-state index contributed by atoms with van der Waals surface area (Å²) in [6, 6.07) is 5.38. The molecule has 1 aromatic heterocycles. The quantitative estimate of drug-likeness (QED) is 0.700. The standard InChI is InChI=1S/C10H8Cl2N2/c1-5-2-3-6-9(12)7(11)4-8(13)10(6)14-5/h2-4H,13H2,1H3. The maximum Gasteiger partial charge on any atom is 0.0950 e. The average Bonchev–Trinajstić information content (AvgIpc) is 2.14. The van der Waals surface area contributed by atoms with Gasteiger partial charge in [0.05, 0.1) is 21.2 Å². The Morgan fingerprint density at radius 2 is 2.00 bits per heavy atom. The summed E-state index contributed by atoms with van der Waals surface area (Å²) in [5.74, 6) is 0. The second-order valence-corrected chi connectivity index (χ2v) is 3.90. The summed E-state index contributed by atoms with van der Waals surface area (Å²) in [5, 5.41) is 1.76. The van der Waals surface area contributed by atoms with Crippen LogP contribution in [0.15, 0.2) is 18.2 Å². The van der Waals surface area contributed by atoms with Crippen LogP contribution in [0.25, 0.3) is 10.9 Å². The van der Waals surface area contributed by atoms with E-state index in [9.17, 15) is 0 Å². The largest absolute Gasteiger partial charge is 0.397 e. The van der Waals surface area contributed by atoms with E-state index in [0.717, 1.165) is 11.1 Å². The molecule has 1 aromatic carbocycles. The van der Waals surface area contributed by atoms with Crippen molar-refractivity contribution in [1.29, 1.82) is 0 Å². The maximum absolute atomic E-state index is 6.02. The Morgan fingerprint density at radius 1 is 1.29 bits per heavy atom. The van der Waals surface area contributed by atoms with E-state index in [4.69, 9.17) is 28.9 Å². The Hall–Kier alpha value is -0.990. The lowest BCUT2D eigenvalue weighted by Gasteiger charge is -2.05. The smallest absolute Gasteiger partial charge is 0.0950 e. The molecule has 0 amide bonds. The van der Waals surface area contributed by atoms with E-state index < -0.39 is 0 Å². The van der Waals surface area contributed by atoms with Crippen LogP contribution >= 0.6 is 23.2 Å². The summed E-state index contributed by atoms with van der Waals surface area (Å²) in [4.78, 5) is 4.31. The average molecular weight is 227 g/mol. The second-order valence-electron chi connectivity index (χ2n) is 3.11. The molecular formula is C10H8Cl2N2. The van der Waals surface area contributed by atoms with Crippen LogP contribution in [0.1, 0.15) is 5.69 Å². The second kappa shape index (κ2) is 3.30. The zero-order chi connectivity index (χ0) is 10.3. The molecule has 0 radical (unpaired) electrons. The number of pyridine rings is 1. The van der Waals surface area contributed by atoms with Gasteiger partial charge in [0, 0.05) is 11.1 Å². The van der Waals surface area contributed by atoms with E-state index in [2.05, 4.69) is 4.98 Å². The van der Waals surface area contributed by atoms with Crippen LogP contribution in [0, 0.1) is 6.92 Å². The first-order valence-corrected chi connectivity index (χ1v) is 4.86. The number of fused-ring (bicyclic) bond motifs is 1. The molecule has 0 aliphatic heterocycles. The highest BCUT2D eigenvalue weighted by atomic mass is 35.5. The van der Waals surface area contributed by atoms with Crippen LogP contribution < -0.4 is 5.73 Å². The fraction of sp³-hybridized carbons (Fsp3) is 0.100. The summed E-state index contributed by atoms with van der Waals surface area (Å²) >= 11 is 11.9. The summed E-state index contributed by atoms with van der Waals surface area (Å²) in [6.45, 7) is 1.90. The third-order valence-corrected chi connectivity index (χ3v) is 2.84. The van der Waals surface area contributed by atoms with E-state index >= 15 is 0 Å². The molecule has 72 valence electrons. The van der Waals surface area contributed by atoms with Crippen molar-refractivity contribution in [2.75, 3.05) is 5.73 Å². The van der Waals surface area contributed by atoms with Gasteiger partial charge in [-0.2, -0.15) is 0 Å². The lowest BCUT2D eigenvalue weighted by Crippen LogP contribution is -1.92. The predicted molar refractivity (Wildman–Crippen MR) is 60.9 cm³/mol. The molecule has 0 bridgehead atoms. The monoisotopic (exact) mass is 226 g/mol. The van der Waals surface area contributed by atoms with Gasteiger partial charge in [-0.05, 0) is 25.1 Å². The van der Waals surface area contributed by atoms with Gasteiger partial charge >= 0.3 is 0 Å². The fourth-order valence-electron chi connectivity index (χ4n) is 1.35. The SMILES string of the molecule is Cc1ccc2c(Cl)c(Cl)cc(N)c2n1. The molecular weight excluding hydrogens is 219 g/mol. The first-order chi connectivity index (χ1) is 6.59. The number of nitrogens with zero attached hydrogens (tertiary/aromatic N) is 1. The van der Waals surface area contributed by atoms with Crippen molar-refractivity contribution in [1.82, 2.24) is 4.98 Å². The topological polar surface area (TPSA) is 38.9 Å². The lowest BCUT2D eigenvalue weighted by atomic mass is 10.2. The van der Waals surface area contributed by atoms with E-state index in [1.807, 2.05) is 19.1 Å². The Labute approximate surface area is 91.6 Å². The van der Waals surface area contributed by atoms with Crippen LogP contribution in [0.5, 0.6) is 0 Å². The molecule has 0 aliphatic carbocycles. The molecule has 0 atom stereocenters. The van der Waals surface area contributed by atoms with Crippen LogP contribution in [-0.4, -0.2) is 4.98 Å². The van der Waals surface area contributed by atoms with Gasteiger partial charge in [-0.1, -0.05) is 23.2 Å². The maximum atomic E-state index is 6.02. The molecule has 2 aromatic rings. The predicted octanol–water partition coefficient (Wildman–Crippen LogP) is 3.43. The number of nitrogens with two attached hydrogens (primary N) is 1. The summed E-state index contributed by atoms with van der Waals surface area (Å²) in [5.41, 5.74) is 7.96. The number of aryl methyl sites for hydroxylation is 1. The number of benzene rings is 1. The van der Waals surface area contributed by atoms with Gasteiger partial charge in [0.25, 0.3) is 0 Å². The Balaban J connectivity index is 2.94. The van der Waals surface area contributed by atoms with Crippen molar-refractivity contribution in [3.8, 4) is 0 Å². The van der Waals surface area contributed by atoms with E-state index in [0.29, 0.717) is 21.2 Å². The van der Waals surface area contributed by atoms with Crippen molar-refractivity contribution < 1.29 is 0 Å². The number of anilines is 1. The molecule has 0 unspecified atom stereocenters. The van der Waals surface area contributed by atoms with Crippen molar-refractivity contribution in [3.05, 3.63) is 33.9 Å². The zero-order valence-electron chi connectivity index (χ0n) is 7.51. The van der Waals surface area contributed by atoms with Gasteiger partial charge < -0.3 is 5.73 Å². The highest BCUT2D eigenvalue weighted by Gasteiger charge is 2.08. The number of hydrogen-bond donors (Lipinski definition) is 1. The minimum absolute atomic E-state index is 0.460.